The number of rotatable bonds is 7. The predicted molar refractivity (Wildman–Crippen MR) is 80.4 cm³/mol. The Bertz CT molecular complexity index is 537. The van der Waals surface area contributed by atoms with Gasteiger partial charge in [-0.3, -0.25) is 4.79 Å². The molecule has 2 N–H and O–H groups in total. The molecule has 0 aromatic heterocycles. The molecule has 5 heteroatoms. The molecule has 0 fully saturated rings. The molecule has 0 bridgehead atoms. The fourth-order valence-corrected chi connectivity index (χ4v) is 1.90. The second-order valence-electron chi connectivity index (χ2n) is 4.74. The average molecular weight is 291 g/mol. The van der Waals surface area contributed by atoms with Crippen molar-refractivity contribution in [2.24, 2.45) is 0 Å². The fraction of sp³-hybridized carbons (Fsp3) is 0.375. The van der Waals surface area contributed by atoms with Gasteiger partial charge < -0.3 is 15.2 Å². The maximum absolute atomic E-state index is 11.9. The zero-order valence-corrected chi connectivity index (χ0v) is 12.6. The van der Waals surface area contributed by atoms with E-state index < -0.39 is 12.0 Å². The van der Waals surface area contributed by atoms with Gasteiger partial charge in [-0.25, -0.2) is 4.79 Å². The van der Waals surface area contributed by atoms with Gasteiger partial charge in [0, 0.05) is 0 Å². The minimum absolute atomic E-state index is 0.121. The summed E-state index contributed by atoms with van der Waals surface area (Å²) in [6.07, 6.45) is 3.87. The zero-order chi connectivity index (χ0) is 15.8. The molecule has 1 atom stereocenters. The minimum atomic E-state index is -1.04. The van der Waals surface area contributed by atoms with Gasteiger partial charge in [0.15, 0.2) is 0 Å². The van der Waals surface area contributed by atoms with Crippen LogP contribution in [0.3, 0.4) is 0 Å². The van der Waals surface area contributed by atoms with Crippen LogP contribution in [-0.4, -0.2) is 30.1 Å². The first-order valence-electron chi connectivity index (χ1n) is 6.74. The second kappa shape index (κ2) is 8.09. The number of ether oxygens (including phenoxy) is 1. The van der Waals surface area contributed by atoms with Crippen LogP contribution in [-0.2, 0) is 16.0 Å². The van der Waals surface area contributed by atoms with Crippen LogP contribution in [0, 0.1) is 6.92 Å². The summed E-state index contributed by atoms with van der Waals surface area (Å²) in [6.45, 7) is 3.72. The Balaban J connectivity index is 2.69. The van der Waals surface area contributed by atoms with Gasteiger partial charge in [-0.2, -0.15) is 0 Å². The Morgan fingerprint density at radius 2 is 2.14 bits per heavy atom. The number of aliphatic carboxylic acids is 1. The largest absolute Gasteiger partial charge is 0.496 e. The summed E-state index contributed by atoms with van der Waals surface area (Å²) in [5.74, 6) is -0.648. The molecule has 1 rings (SSSR count). The summed E-state index contributed by atoms with van der Waals surface area (Å²) in [7, 11) is 1.57. The lowest BCUT2D eigenvalue weighted by Gasteiger charge is -2.13. The van der Waals surface area contributed by atoms with Crippen molar-refractivity contribution in [2.75, 3.05) is 7.11 Å². The van der Waals surface area contributed by atoms with E-state index in [2.05, 4.69) is 5.32 Å². The maximum Gasteiger partial charge on any atom is 0.326 e. The molecule has 5 nitrogen and oxygen atoms in total. The molecule has 0 saturated heterocycles. The van der Waals surface area contributed by atoms with Crippen molar-refractivity contribution in [2.45, 2.75) is 32.7 Å². The summed E-state index contributed by atoms with van der Waals surface area (Å²) in [6, 6.07) is 4.59. The number of aryl methyl sites for hydroxylation is 1. The van der Waals surface area contributed by atoms with Gasteiger partial charge >= 0.3 is 5.97 Å². The van der Waals surface area contributed by atoms with Crippen LogP contribution in [0.2, 0.25) is 0 Å². The summed E-state index contributed by atoms with van der Waals surface area (Å²) < 4.78 is 5.20. The van der Waals surface area contributed by atoms with Crippen LogP contribution in [0.5, 0.6) is 5.75 Å². The van der Waals surface area contributed by atoms with Gasteiger partial charge in [0.05, 0.1) is 13.5 Å². The first-order valence-corrected chi connectivity index (χ1v) is 6.74. The third-order valence-electron chi connectivity index (χ3n) is 3.08. The highest BCUT2D eigenvalue weighted by molar-refractivity contribution is 5.85. The molecule has 0 heterocycles. The number of allylic oxidation sites excluding steroid dienone is 1. The van der Waals surface area contributed by atoms with Gasteiger partial charge in [0.25, 0.3) is 0 Å². The van der Waals surface area contributed by atoms with Crippen molar-refractivity contribution >= 4 is 11.9 Å². The number of carbonyl (C=O) groups excluding carboxylic acids is 1. The Morgan fingerprint density at radius 1 is 1.43 bits per heavy atom. The lowest BCUT2D eigenvalue weighted by atomic mass is 10.1. The molecule has 0 radical (unpaired) electrons. The Kier molecular flexibility index (Phi) is 6.46. The Morgan fingerprint density at radius 3 is 2.71 bits per heavy atom. The van der Waals surface area contributed by atoms with Crippen molar-refractivity contribution in [3.63, 3.8) is 0 Å². The molecule has 1 aromatic carbocycles. The molecule has 0 aliphatic carbocycles. The molecule has 114 valence electrons. The third kappa shape index (κ3) is 5.30. The van der Waals surface area contributed by atoms with E-state index in [9.17, 15) is 9.59 Å². The standard InChI is InChI=1S/C16H21NO4/c1-4-5-6-13(16(19)20)17-15(18)10-12-8-7-11(2)14(9-12)21-3/h4-5,7-9,13H,6,10H2,1-3H3,(H,17,18)(H,19,20)/b5-4+. The van der Waals surface area contributed by atoms with E-state index in [1.54, 1.807) is 32.3 Å². The fourth-order valence-electron chi connectivity index (χ4n) is 1.90. The van der Waals surface area contributed by atoms with E-state index in [1.165, 1.54) is 0 Å². The monoisotopic (exact) mass is 291 g/mol. The molecular formula is C16H21NO4. The SMILES string of the molecule is C/C=C/CC(NC(=O)Cc1ccc(C)c(OC)c1)C(=O)O. The van der Waals surface area contributed by atoms with E-state index in [0.29, 0.717) is 5.75 Å². The van der Waals surface area contributed by atoms with Crippen molar-refractivity contribution < 1.29 is 19.4 Å². The summed E-state index contributed by atoms with van der Waals surface area (Å²) in [5, 5.41) is 11.6. The van der Waals surface area contributed by atoms with Crippen LogP contribution in [0.25, 0.3) is 0 Å². The van der Waals surface area contributed by atoms with Crippen LogP contribution in [0.1, 0.15) is 24.5 Å². The normalized spacial score (nSPS) is 12.1. The Hall–Kier alpha value is -2.30. The molecule has 1 amide bonds. The minimum Gasteiger partial charge on any atom is -0.496 e. The summed E-state index contributed by atoms with van der Waals surface area (Å²) >= 11 is 0. The quantitative estimate of drug-likeness (QED) is 0.754. The first kappa shape index (κ1) is 16.8. The number of carboxylic acid groups (broad SMARTS) is 1. The van der Waals surface area contributed by atoms with E-state index in [-0.39, 0.29) is 18.7 Å². The van der Waals surface area contributed by atoms with Crippen LogP contribution in [0.4, 0.5) is 0 Å². The number of nitrogens with one attached hydrogen (secondary N) is 1. The van der Waals surface area contributed by atoms with Crippen molar-refractivity contribution in [3.05, 3.63) is 41.5 Å². The average Bonchev–Trinajstić information content (AvgIpc) is 2.45. The van der Waals surface area contributed by atoms with Crippen LogP contribution in [0.15, 0.2) is 30.4 Å². The lowest BCUT2D eigenvalue weighted by molar-refractivity contribution is -0.141. The number of carboxylic acids is 1. The van der Waals surface area contributed by atoms with Gasteiger partial charge in [-0.1, -0.05) is 24.3 Å². The molecular weight excluding hydrogens is 270 g/mol. The smallest absolute Gasteiger partial charge is 0.326 e. The number of benzene rings is 1. The molecule has 0 saturated carbocycles. The molecule has 0 aliphatic heterocycles. The lowest BCUT2D eigenvalue weighted by Crippen LogP contribution is -2.41. The highest BCUT2D eigenvalue weighted by atomic mass is 16.5. The highest BCUT2D eigenvalue weighted by Gasteiger charge is 2.18. The van der Waals surface area contributed by atoms with E-state index in [1.807, 2.05) is 19.1 Å². The molecule has 0 aliphatic rings. The molecule has 21 heavy (non-hydrogen) atoms. The van der Waals surface area contributed by atoms with Crippen LogP contribution >= 0.6 is 0 Å². The van der Waals surface area contributed by atoms with Gasteiger partial charge in [0.2, 0.25) is 5.91 Å². The van der Waals surface area contributed by atoms with Gasteiger partial charge in [-0.15, -0.1) is 0 Å². The van der Waals surface area contributed by atoms with Gasteiger partial charge in [0.1, 0.15) is 11.8 Å². The summed E-state index contributed by atoms with van der Waals surface area (Å²) in [4.78, 5) is 23.0. The number of carbonyl (C=O) groups is 2. The van der Waals surface area contributed by atoms with E-state index in [0.717, 1.165) is 11.1 Å². The van der Waals surface area contributed by atoms with Crippen molar-refractivity contribution in [1.29, 1.82) is 0 Å². The van der Waals surface area contributed by atoms with E-state index in [4.69, 9.17) is 9.84 Å². The highest BCUT2D eigenvalue weighted by Crippen LogP contribution is 2.19. The number of amides is 1. The predicted octanol–water partition coefficient (Wildman–Crippen LogP) is 2.08. The zero-order valence-electron chi connectivity index (χ0n) is 12.6. The van der Waals surface area contributed by atoms with Crippen LogP contribution < -0.4 is 10.1 Å². The van der Waals surface area contributed by atoms with Crippen molar-refractivity contribution in [3.8, 4) is 5.75 Å². The third-order valence-corrected chi connectivity index (χ3v) is 3.08. The summed E-state index contributed by atoms with van der Waals surface area (Å²) in [5.41, 5.74) is 1.77. The maximum atomic E-state index is 11.9. The molecule has 0 spiro atoms. The number of hydrogen-bond donors (Lipinski definition) is 2. The molecule has 1 unspecified atom stereocenters. The first-order chi connectivity index (χ1) is 9.97. The van der Waals surface area contributed by atoms with Gasteiger partial charge in [-0.05, 0) is 37.5 Å². The second-order valence-corrected chi connectivity index (χ2v) is 4.74. The number of hydrogen-bond acceptors (Lipinski definition) is 3. The molecule has 1 aromatic rings. The number of methoxy groups -OCH3 is 1. The van der Waals surface area contributed by atoms with Crippen molar-refractivity contribution in [1.82, 2.24) is 5.32 Å². The van der Waals surface area contributed by atoms with E-state index >= 15 is 0 Å². The Labute approximate surface area is 124 Å². The topological polar surface area (TPSA) is 75.6 Å².